The number of aromatic nitrogens is 2. The summed E-state index contributed by atoms with van der Waals surface area (Å²) >= 11 is 0. The van der Waals surface area contributed by atoms with Gasteiger partial charge in [-0.3, -0.25) is 4.79 Å². The van der Waals surface area contributed by atoms with Crippen molar-refractivity contribution < 1.29 is 9.47 Å². The largest absolute Gasteiger partial charge is 0.347 e. The number of H-pyrrole nitrogens is 1. The van der Waals surface area contributed by atoms with Crippen LogP contribution in [0.15, 0.2) is 4.79 Å². The van der Waals surface area contributed by atoms with E-state index in [0.717, 1.165) is 24.1 Å². The molecule has 0 unspecified atom stereocenters. The van der Waals surface area contributed by atoms with Crippen molar-refractivity contribution in [1.29, 1.82) is 0 Å². The molecule has 1 spiro atoms. The highest BCUT2D eigenvalue weighted by molar-refractivity contribution is 5.23. The first kappa shape index (κ1) is 9.99. The minimum Gasteiger partial charge on any atom is -0.347 e. The van der Waals surface area contributed by atoms with Crippen LogP contribution in [0, 0.1) is 6.92 Å². The van der Waals surface area contributed by atoms with E-state index in [4.69, 9.17) is 9.47 Å². The van der Waals surface area contributed by atoms with E-state index in [-0.39, 0.29) is 5.56 Å². The fourth-order valence-electron chi connectivity index (χ4n) is 2.47. The first-order chi connectivity index (χ1) is 7.69. The van der Waals surface area contributed by atoms with Gasteiger partial charge in [-0.05, 0) is 13.3 Å². The molecule has 0 saturated carbocycles. The van der Waals surface area contributed by atoms with Gasteiger partial charge < -0.3 is 14.5 Å². The number of fused-ring (bicyclic) bond motifs is 1. The van der Waals surface area contributed by atoms with E-state index < -0.39 is 5.79 Å². The Hall–Kier alpha value is -1.20. The zero-order valence-corrected chi connectivity index (χ0v) is 9.21. The van der Waals surface area contributed by atoms with Gasteiger partial charge in [0.15, 0.2) is 5.79 Å². The third-order valence-electron chi connectivity index (χ3n) is 3.22. The summed E-state index contributed by atoms with van der Waals surface area (Å²) in [4.78, 5) is 18.9. The molecule has 1 aromatic heterocycles. The molecule has 5 heteroatoms. The summed E-state index contributed by atoms with van der Waals surface area (Å²) in [5.41, 5.74) is 1.56. The molecule has 0 aromatic carbocycles. The first-order valence-corrected chi connectivity index (χ1v) is 5.55. The zero-order valence-electron chi connectivity index (χ0n) is 9.21. The van der Waals surface area contributed by atoms with E-state index >= 15 is 0 Å². The van der Waals surface area contributed by atoms with E-state index in [9.17, 15) is 4.79 Å². The molecule has 1 aliphatic heterocycles. The Morgan fingerprint density at radius 3 is 2.88 bits per heavy atom. The quantitative estimate of drug-likeness (QED) is 0.686. The van der Waals surface area contributed by atoms with Crippen molar-refractivity contribution in [2.45, 2.75) is 32.0 Å². The van der Waals surface area contributed by atoms with Crippen LogP contribution in [0.2, 0.25) is 0 Å². The molecule has 1 N–H and O–H groups in total. The molecule has 16 heavy (non-hydrogen) atoms. The monoisotopic (exact) mass is 222 g/mol. The van der Waals surface area contributed by atoms with Crippen molar-refractivity contribution in [2.24, 2.45) is 0 Å². The Morgan fingerprint density at radius 1 is 1.38 bits per heavy atom. The maximum absolute atomic E-state index is 11.8. The van der Waals surface area contributed by atoms with Gasteiger partial charge in [-0.2, -0.15) is 0 Å². The lowest BCUT2D eigenvalue weighted by Gasteiger charge is -2.31. The predicted octanol–water partition coefficient (Wildman–Crippen LogP) is 0.310. The number of nitrogens with one attached hydrogen (secondary N) is 1. The predicted molar refractivity (Wildman–Crippen MR) is 56.3 cm³/mol. The molecule has 3 rings (SSSR count). The molecule has 1 saturated heterocycles. The molecule has 86 valence electrons. The summed E-state index contributed by atoms with van der Waals surface area (Å²) in [6, 6.07) is 0. The van der Waals surface area contributed by atoms with Gasteiger partial charge in [0.2, 0.25) is 0 Å². The number of nitrogens with zero attached hydrogens (tertiary/aromatic N) is 1. The minimum absolute atomic E-state index is 0.0549. The van der Waals surface area contributed by atoms with Gasteiger partial charge in [-0.25, -0.2) is 4.98 Å². The molecule has 0 atom stereocenters. The fourth-order valence-corrected chi connectivity index (χ4v) is 2.47. The lowest BCUT2D eigenvalue weighted by Crippen LogP contribution is -2.40. The van der Waals surface area contributed by atoms with E-state index in [2.05, 4.69) is 9.97 Å². The van der Waals surface area contributed by atoms with Crippen LogP contribution in [-0.2, 0) is 22.3 Å². The number of hydrogen-bond donors (Lipinski definition) is 1. The van der Waals surface area contributed by atoms with Crippen LogP contribution in [-0.4, -0.2) is 29.0 Å². The third-order valence-corrected chi connectivity index (χ3v) is 3.22. The van der Waals surface area contributed by atoms with Crippen LogP contribution in [0.1, 0.15) is 23.5 Å². The molecule has 2 heterocycles. The Balaban J connectivity index is 2.03. The summed E-state index contributed by atoms with van der Waals surface area (Å²) < 4.78 is 11.2. The average molecular weight is 222 g/mol. The van der Waals surface area contributed by atoms with E-state index in [1.54, 1.807) is 6.92 Å². The van der Waals surface area contributed by atoms with Crippen LogP contribution < -0.4 is 5.56 Å². The lowest BCUT2D eigenvalue weighted by molar-refractivity contribution is -0.164. The zero-order chi connectivity index (χ0) is 11.2. The molecule has 0 bridgehead atoms. The molecule has 1 aromatic rings. The highest BCUT2D eigenvalue weighted by atomic mass is 16.7. The summed E-state index contributed by atoms with van der Waals surface area (Å²) in [6.07, 6.45) is 2.06. The normalized spacial score (nSPS) is 22.3. The van der Waals surface area contributed by atoms with Crippen LogP contribution in [0.4, 0.5) is 0 Å². The standard InChI is InChI=1S/C11H14N2O3/c1-7-12-9-2-3-11(15-4-5-16-11)6-8(9)10(14)13-7/h2-6H2,1H3,(H,12,13,14). The topological polar surface area (TPSA) is 64.2 Å². The Labute approximate surface area is 92.8 Å². The molecule has 1 aliphatic carbocycles. The van der Waals surface area contributed by atoms with Gasteiger partial charge in [0.25, 0.3) is 5.56 Å². The Bertz CT molecular complexity index is 475. The number of ether oxygens (including phenoxy) is 2. The number of aryl methyl sites for hydroxylation is 2. The van der Waals surface area contributed by atoms with Crippen LogP contribution in [0.25, 0.3) is 0 Å². The van der Waals surface area contributed by atoms with Crippen molar-refractivity contribution in [3.05, 3.63) is 27.4 Å². The lowest BCUT2D eigenvalue weighted by atomic mass is 9.91. The molecule has 2 aliphatic rings. The summed E-state index contributed by atoms with van der Waals surface area (Å²) in [5.74, 6) is 0.115. The SMILES string of the molecule is Cc1nc2c(c(=O)[nH]1)CC1(CC2)OCCO1. The molecular formula is C11H14N2O3. The number of rotatable bonds is 0. The van der Waals surface area contributed by atoms with E-state index in [1.807, 2.05) is 0 Å². The van der Waals surface area contributed by atoms with Gasteiger partial charge >= 0.3 is 0 Å². The summed E-state index contributed by atoms with van der Waals surface area (Å²) in [5, 5.41) is 0. The van der Waals surface area contributed by atoms with Gasteiger partial charge in [-0.1, -0.05) is 0 Å². The van der Waals surface area contributed by atoms with Crippen molar-refractivity contribution in [3.8, 4) is 0 Å². The maximum Gasteiger partial charge on any atom is 0.254 e. The minimum atomic E-state index is -0.559. The number of hydrogen-bond acceptors (Lipinski definition) is 4. The molecule has 1 fully saturated rings. The molecule has 5 nitrogen and oxygen atoms in total. The van der Waals surface area contributed by atoms with E-state index in [0.29, 0.717) is 25.5 Å². The van der Waals surface area contributed by atoms with Crippen LogP contribution >= 0.6 is 0 Å². The van der Waals surface area contributed by atoms with Gasteiger partial charge in [0.05, 0.1) is 18.9 Å². The van der Waals surface area contributed by atoms with Crippen LogP contribution in [0.3, 0.4) is 0 Å². The molecular weight excluding hydrogens is 208 g/mol. The first-order valence-electron chi connectivity index (χ1n) is 5.55. The highest BCUT2D eigenvalue weighted by Gasteiger charge is 2.41. The second-order valence-electron chi connectivity index (χ2n) is 4.36. The van der Waals surface area contributed by atoms with Gasteiger partial charge in [0, 0.05) is 18.4 Å². The van der Waals surface area contributed by atoms with Crippen molar-refractivity contribution in [2.75, 3.05) is 13.2 Å². The second-order valence-corrected chi connectivity index (χ2v) is 4.36. The number of aromatic amines is 1. The smallest absolute Gasteiger partial charge is 0.254 e. The Morgan fingerprint density at radius 2 is 2.12 bits per heavy atom. The third kappa shape index (κ3) is 1.47. The van der Waals surface area contributed by atoms with Crippen LogP contribution in [0.5, 0.6) is 0 Å². The maximum atomic E-state index is 11.8. The average Bonchev–Trinajstić information content (AvgIpc) is 2.68. The fraction of sp³-hybridized carbons (Fsp3) is 0.636. The second kappa shape index (κ2) is 3.40. The van der Waals surface area contributed by atoms with Crippen molar-refractivity contribution >= 4 is 0 Å². The molecule has 0 amide bonds. The van der Waals surface area contributed by atoms with Gasteiger partial charge in [-0.15, -0.1) is 0 Å². The highest BCUT2D eigenvalue weighted by Crippen LogP contribution is 2.33. The summed E-state index contributed by atoms with van der Waals surface area (Å²) in [7, 11) is 0. The Kier molecular flexibility index (Phi) is 2.12. The van der Waals surface area contributed by atoms with E-state index in [1.165, 1.54) is 0 Å². The molecule has 0 radical (unpaired) electrons. The van der Waals surface area contributed by atoms with Crippen molar-refractivity contribution in [1.82, 2.24) is 9.97 Å². The van der Waals surface area contributed by atoms with Crippen molar-refractivity contribution in [3.63, 3.8) is 0 Å². The summed E-state index contributed by atoms with van der Waals surface area (Å²) in [6.45, 7) is 3.04. The van der Waals surface area contributed by atoms with Gasteiger partial charge in [0.1, 0.15) is 5.82 Å².